The molecule has 0 bridgehead atoms. The third-order valence-electron chi connectivity index (χ3n) is 7.63. The van der Waals surface area contributed by atoms with E-state index in [2.05, 4.69) is 54.8 Å². The zero-order valence-electron chi connectivity index (χ0n) is 29.2. The first-order valence-electron chi connectivity index (χ1n) is 18.3. The Morgan fingerprint density at radius 2 is 0.978 bits per heavy atom. The molecule has 0 fully saturated rings. The maximum atomic E-state index is 12.3. The fraction of sp³-hybridized carbons (Fsp3) is 0.784. The fourth-order valence-electron chi connectivity index (χ4n) is 4.87. The topological polar surface area (TPSA) is 119 Å². The van der Waals surface area contributed by atoms with Crippen LogP contribution in [-0.2, 0) is 28.2 Å². The zero-order chi connectivity index (χ0) is 34.0. The smallest absolute Gasteiger partial charge is 0.462 e. The van der Waals surface area contributed by atoms with Crippen LogP contribution in [0.3, 0.4) is 0 Å². The summed E-state index contributed by atoms with van der Waals surface area (Å²) in [4.78, 5) is 42.6. The summed E-state index contributed by atoms with van der Waals surface area (Å²) in [6.07, 6.45) is 37.2. The molecule has 0 saturated heterocycles. The number of hydrogen-bond donors (Lipinski definition) is 2. The minimum absolute atomic E-state index is 0.194. The molecule has 0 radical (unpaired) electrons. The number of allylic oxidation sites excluding steroid dienone is 6. The van der Waals surface area contributed by atoms with Gasteiger partial charge in [-0.05, 0) is 70.6 Å². The number of phosphoric acid groups is 1. The van der Waals surface area contributed by atoms with Gasteiger partial charge in [0, 0.05) is 12.8 Å². The monoisotopic (exact) mass is 670 g/mol. The van der Waals surface area contributed by atoms with Gasteiger partial charge in [-0.3, -0.25) is 14.1 Å². The SMILES string of the molecule is CCCCC/C=C\CCCCCCCC(=O)OCC(COP(=O)(O)O)OC(=O)CCCCCCC/C=C\C/C=C\CCCCCC. The van der Waals surface area contributed by atoms with E-state index in [0.717, 1.165) is 77.0 Å². The number of esters is 2. The largest absolute Gasteiger partial charge is 0.469 e. The van der Waals surface area contributed by atoms with Crippen molar-refractivity contribution in [3.05, 3.63) is 36.5 Å². The van der Waals surface area contributed by atoms with E-state index in [-0.39, 0.29) is 19.4 Å². The van der Waals surface area contributed by atoms with Crippen LogP contribution in [0.4, 0.5) is 0 Å². The average molecular weight is 671 g/mol. The summed E-state index contributed by atoms with van der Waals surface area (Å²) in [6, 6.07) is 0. The minimum atomic E-state index is -4.75. The Morgan fingerprint density at radius 1 is 0.565 bits per heavy atom. The third-order valence-corrected chi connectivity index (χ3v) is 8.12. The van der Waals surface area contributed by atoms with Gasteiger partial charge in [0.25, 0.3) is 0 Å². The predicted molar refractivity (Wildman–Crippen MR) is 188 cm³/mol. The predicted octanol–water partition coefficient (Wildman–Crippen LogP) is 10.6. The highest BCUT2D eigenvalue weighted by atomic mass is 31.2. The Balaban J connectivity index is 4.02. The molecule has 2 N–H and O–H groups in total. The highest BCUT2D eigenvalue weighted by Crippen LogP contribution is 2.36. The van der Waals surface area contributed by atoms with Gasteiger partial charge >= 0.3 is 19.8 Å². The average Bonchev–Trinajstić information content (AvgIpc) is 3.02. The van der Waals surface area contributed by atoms with Crippen LogP contribution in [-0.4, -0.2) is 41.0 Å². The lowest BCUT2D eigenvalue weighted by molar-refractivity contribution is -0.161. The highest BCUT2D eigenvalue weighted by molar-refractivity contribution is 7.46. The molecule has 0 saturated carbocycles. The van der Waals surface area contributed by atoms with Crippen LogP contribution in [0.1, 0.15) is 168 Å². The van der Waals surface area contributed by atoms with Crippen molar-refractivity contribution in [2.75, 3.05) is 13.2 Å². The van der Waals surface area contributed by atoms with Gasteiger partial charge in [-0.2, -0.15) is 0 Å². The van der Waals surface area contributed by atoms with Gasteiger partial charge in [0.05, 0.1) is 6.61 Å². The zero-order valence-corrected chi connectivity index (χ0v) is 30.1. The molecule has 0 aliphatic rings. The normalized spacial score (nSPS) is 12.9. The summed E-state index contributed by atoms with van der Waals surface area (Å²) in [7, 11) is -4.75. The molecule has 0 heterocycles. The summed E-state index contributed by atoms with van der Waals surface area (Å²) >= 11 is 0. The van der Waals surface area contributed by atoms with Crippen LogP contribution in [0.15, 0.2) is 36.5 Å². The van der Waals surface area contributed by atoms with Gasteiger partial charge in [0.2, 0.25) is 0 Å². The molecule has 1 atom stereocenters. The number of ether oxygens (including phenoxy) is 2. The summed E-state index contributed by atoms with van der Waals surface area (Å²) in [6.45, 7) is 3.61. The molecular formula is C37H67O8P. The number of hydrogen-bond acceptors (Lipinski definition) is 6. The number of rotatable bonds is 33. The van der Waals surface area contributed by atoms with E-state index >= 15 is 0 Å². The van der Waals surface area contributed by atoms with E-state index < -0.39 is 32.5 Å². The van der Waals surface area contributed by atoms with E-state index in [1.54, 1.807) is 0 Å². The number of unbranched alkanes of at least 4 members (excludes halogenated alkanes) is 17. The highest BCUT2D eigenvalue weighted by Gasteiger charge is 2.22. The van der Waals surface area contributed by atoms with Gasteiger partial charge in [0.15, 0.2) is 6.10 Å². The summed E-state index contributed by atoms with van der Waals surface area (Å²) in [5.74, 6) is -0.913. The van der Waals surface area contributed by atoms with E-state index in [0.29, 0.717) is 12.8 Å². The van der Waals surface area contributed by atoms with E-state index in [1.807, 2.05) is 0 Å². The molecule has 1 unspecified atom stereocenters. The Hall–Kier alpha value is -1.73. The Kier molecular flexibility index (Phi) is 31.9. The van der Waals surface area contributed by atoms with Crippen LogP contribution >= 0.6 is 7.82 Å². The lowest BCUT2D eigenvalue weighted by Gasteiger charge is -2.18. The number of carbonyl (C=O) groups excluding carboxylic acids is 2. The molecule has 0 spiro atoms. The fourth-order valence-corrected chi connectivity index (χ4v) is 5.23. The third kappa shape index (κ3) is 35.1. The lowest BCUT2D eigenvalue weighted by Crippen LogP contribution is -2.29. The molecule has 8 nitrogen and oxygen atoms in total. The first-order chi connectivity index (χ1) is 22.3. The van der Waals surface area contributed by atoms with Crippen LogP contribution in [0, 0.1) is 0 Å². The van der Waals surface area contributed by atoms with Gasteiger partial charge in [-0.1, -0.05) is 121 Å². The second kappa shape index (κ2) is 33.2. The Morgan fingerprint density at radius 3 is 1.50 bits per heavy atom. The second-order valence-electron chi connectivity index (χ2n) is 12.2. The standard InChI is InChI=1S/C37H67O8P/c1-3-5-7-9-11-13-15-17-18-19-20-22-24-26-28-30-32-37(39)45-35(34-44-46(40,41)42)33-43-36(38)31-29-27-25-23-21-16-14-12-10-8-6-4-2/h12-15,18-19,35H,3-11,16-17,20-34H2,1-2H3,(H2,40,41,42)/b14-12-,15-13-,19-18-. The van der Waals surface area contributed by atoms with Crippen LogP contribution < -0.4 is 0 Å². The molecule has 0 aromatic rings. The number of phosphoric ester groups is 1. The van der Waals surface area contributed by atoms with Crippen molar-refractivity contribution in [3.63, 3.8) is 0 Å². The van der Waals surface area contributed by atoms with Crippen molar-refractivity contribution in [2.24, 2.45) is 0 Å². The van der Waals surface area contributed by atoms with Crippen molar-refractivity contribution in [2.45, 2.75) is 174 Å². The molecule has 0 aliphatic carbocycles. The molecular weight excluding hydrogens is 603 g/mol. The first-order valence-corrected chi connectivity index (χ1v) is 19.8. The van der Waals surface area contributed by atoms with E-state index in [1.165, 1.54) is 51.4 Å². The molecule has 0 aromatic carbocycles. The van der Waals surface area contributed by atoms with Crippen molar-refractivity contribution >= 4 is 19.8 Å². The maximum absolute atomic E-state index is 12.3. The Labute approximate surface area is 281 Å². The van der Waals surface area contributed by atoms with Gasteiger partial charge in [-0.25, -0.2) is 4.57 Å². The van der Waals surface area contributed by atoms with Gasteiger partial charge in [-0.15, -0.1) is 0 Å². The van der Waals surface area contributed by atoms with Crippen molar-refractivity contribution in [3.8, 4) is 0 Å². The molecule has 0 amide bonds. The van der Waals surface area contributed by atoms with Gasteiger partial charge in [0.1, 0.15) is 6.61 Å². The summed E-state index contributed by atoms with van der Waals surface area (Å²) < 4.78 is 26.2. The summed E-state index contributed by atoms with van der Waals surface area (Å²) in [5.41, 5.74) is 0. The van der Waals surface area contributed by atoms with Crippen molar-refractivity contribution < 1.29 is 37.9 Å². The number of carbonyl (C=O) groups is 2. The quantitative estimate of drug-likeness (QED) is 0.0306. The van der Waals surface area contributed by atoms with Gasteiger partial charge < -0.3 is 19.3 Å². The molecule has 268 valence electrons. The van der Waals surface area contributed by atoms with Crippen LogP contribution in [0.5, 0.6) is 0 Å². The van der Waals surface area contributed by atoms with E-state index in [4.69, 9.17) is 19.3 Å². The van der Waals surface area contributed by atoms with Crippen LogP contribution in [0.25, 0.3) is 0 Å². The lowest BCUT2D eigenvalue weighted by atomic mass is 10.1. The molecule has 0 aliphatic heterocycles. The van der Waals surface area contributed by atoms with Crippen molar-refractivity contribution in [1.29, 1.82) is 0 Å². The maximum Gasteiger partial charge on any atom is 0.469 e. The molecule has 0 aromatic heterocycles. The minimum Gasteiger partial charge on any atom is -0.462 e. The molecule has 0 rings (SSSR count). The molecule has 9 heteroatoms. The van der Waals surface area contributed by atoms with E-state index in [9.17, 15) is 14.2 Å². The summed E-state index contributed by atoms with van der Waals surface area (Å²) in [5, 5.41) is 0. The first kappa shape index (κ1) is 44.3. The Bertz CT molecular complexity index is 848. The van der Waals surface area contributed by atoms with Crippen LogP contribution in [0.2, 0.25) is 0 Å². The van der Waals surface area contributed by atoms with Crippen molar-refractivity contribution in [1.82, 2.24) is 0 Å². The molecule has 46 heavy (non-hydrogen) atoms. The second-order valence-corrected chi connectivity index (χ2v) is 13.4.